The van der Waals surface area contributed by atoms with Crippen molar-refractivity contribution in [2.45, 2.75) is 19.3 Å². The van der Waals surface area contributed by atoms with Gasteiger partial charge < -0.3 is 14.6 Å². The monoisotopic (exact) mass is 184 g/mol. The van der Waals surface area contributed by atoms with Crippen LogP contribution in [0.5, 0.6) is 0 Å². The third-order valence-corrected chi connectivity index (χ3v) is 0.989. The Balaban J connectivity index is 0. The third kappa shape index (κ3) is 10.6. The fourth-order valence-electron chi connectivity index (χ4n) is 0.479. The Kier molecular flexibility index (Phi) is 11.1. The number of methoxy groups -OCH3 is 1. The zero-order valence-corrected chi connectivity index (χ0v) is 9.88. The van der Waals surface area contributed by atoms with Gasteiger partial charge >= 0.3 is 57.4 Å². The molecule has 0 amide bonds. The van der Waals surface area contributed by atoms with E-state index in [0.717, 1.165) is 0 Å². The molecule has 0 unspecified atom stereocenters. The summed E-state index contributed by atoms with van der Waals surface area (Å²) in [6.45, 7) is 0. The zero-order chi connectivity index (χ0) is 7.98. The summed E-state index contributed by atoms with van der Waals surface area (Å²) in [5, 5.41) is 9.81. The molecule has 0 aliphatic carbocycles. The maximum Gasteiger partial charge on any atom is 1.00 e. The van der Waals surface area contributed by atoms with Gasteiger partial charge in [-0.25, -0.2) is 0 Å². The van der Waals surface area contributed by atoms with Gasteiger partial charge in [0.1, 0.15) is 0 Å². The molecule has 5 heteroatoms. The number of ether oxygens (including phenoxy) is 1. The zero-order valence-electron chi connectivity index (χ0n) is 6.75. The molecule has 0 aliphatic rings. The van der Waals surface area contributed by atoms with Crippen molar-refractivity contribution in [3.63, 3.8) is 0 Å². The number of rotatable bonds is 4. The van der Waals surface area contributed by atoms with Gasteiger partial charge in [-0.05, 0) is 12.8 Å². The van der Waals surface area contributed by atoms with E-state index in [1.807, 2.05) is 0 Å². The standard InChI is InChI=1S/C6H10O4.K/c1-10-6(9)4-2-3-5(7)8;/h2-4H2,1H3,(H,7,8);/q;+1/p-1. The van der Waals surface area contributed by atoms with Crippen molar-refractivity contribution in [2.24, 2.45) is 0 Å². The smallest absolute Gasteiger partial charge is 0.550 e. The first-order chi connectivity index (χ1) is 4.66. The quantitative estimate of drug-likeness (QED) is 0.331. The number of hydrogen-bond donors (Lipinski definition) is 0. The van der Waals surface area contributed by atoms with Crippen molar-refractivity contribution in [1.29, 1.82) is 0 Å². The van der Waals surface area contributed by atoms with E-state index < -0.39 is 5.97 Å². The molecule has 0 aromatic carbocycles. The van der Waals surface area contributed by atoms with Crippen LogP contribution in [0.15, 0.2) is 0 Å². The Morgan fingerprint density at radius 2 is 1.91 bits per heavy atom. The van der Waals surface area contributed by atoms with Crippen LogP contribution in [0.3, 0.4) is 0 Å². The molecule has 0 radical (unpaired) electrons. The van der Waals surface area contributed by atoms with E-state index in [-0.39, 0.29) is 76.6 Å². The molecule has 4 nitrogen and oxygen atoms in total. The van der Waals surface area contributed by atoms with Crippen LogP contribution in [0.1, 0.15) is 19.3 Å². The average molecular weight is 184 g/mol. The molecule has 0 fully saturated rings. The second-order valence-corrected chi connectivity index (χ2v) is 1.80. The average Bonchev–Trinajstić information content (AvgIpc) is 1.87. The van der Waals surface area contributed by atoms with Crippen LogP contribution in [0.2, 0.25) is 0 Å². The minimum atomic E-state index is -1.14. The molecule has 0 spiro atoms. The van der Waals surface area contributed by atoms with Gasteiger partial charge in [0, 0.05) is 12.4 Å². The molecule has 58 valence electrons. The van der Waals surface area contributed by atoms with E-state index in [9.17, 15) is 14.7 Å². The second kappa shape index (κ2) is 8.67. The van der Waals surface area contributed by atoms with Crippen molar-refractivity contribution >= 4 is 11.9 Å². The molecule has 0 saturated carbocycles. The number of carboxylic acid groups (broad SMARTS) is 1. The molecule has 0 atom stereocenters. The number of carboxylic acids is 1. The summed E-state index contributed by atoms with van der Waals surface area (Å²) in [5.41, 5.74) is 0. The van der Waals surface area contributed by atoms with E-state index in [2.05, 4.69) is 4.74 Å². The summed E-state index contributed by atoms with van der Waals surface area (Å²) in [5.74, 6) is -1.52. The van der Waals surface area contributed by atoms with Crippen LogP contribution in [0.4, 0.5) is 0 Å². The second-order valence-electron chi connectivity index (χ2n) is 1.80. The molecule has 0 heterocycles. The van der Waals surface area contributed by atoms with Gasteiger partial charge in [0.25, 0.3) is 0 Å². The minimum absolute atomic E-state index is 0. The molecular weight excluding hydrogens is 175 g/mol. The van der Waals surface area contributed by atoms with Gasteiger partial charge in [0.2, 0.25) is 0 Å². The largest absolute Gasteiger partial charge is 1.00 e. The number of carbonyl (C=O) groups is 2. The van der Waals surface area contributed by atoms with Crippen LogP contribution < -0.4 is 56.5 Å². The van der Waals surface area contributed by atoms with Crippen molar-refractivity contribution in [3.8, 4) is 0 Å². The van der Waals surface area contributed by atoms with Gasteiger partial charge in [-0.15, -0.1) is 0 Å². The van der Waals surface area contributed by atoms with Gasteiger partial charge in [-0.2, -0.15) is 0 Å². The first-order valence-electron chi connectivity index (χ1n) is 2.93. The molecule has 0 saturated heterocycles. The summed E-state index contributed by atoms with van der Waals surface area (Å²) in [4.78, 5) is 20.2. The summed E-state index contributed by atoms with van der Waals surface area (Å²) < 4.78 is 4.28. The molecule has 0 aliphatic heterocycles. The summed E-state index contributed by atoms with van der Waals surface area (Å²) >= 11 is 0. The van der Waals surface area contributed by atoms with Crippen LogP contribution in [0.25, 0.3) is 0 Å². The number of esters is 1. The SMILES string of the molecule is COC(=O)CCCC(=O)[O-].[K+]. The molecule has 0 bridgehead atoms. The number of aliphatic carboxylic acids is 1. The summed E-state index contributed by atoms with van der Waals surface area (Å²) in [6, 6.07) is 0. The van der Waals surface area contributed by atoms with Crippen molar-refractivity contribution < 1.29 is 70.8 Å². The molecule has 11 heavy (non-hydrogen) atoms. The first-order valence-corrected chi connectivity index (χ1v) is 2.93. The van der Waals surface area contributed by atoms with Crippen LogP contribution in [-0.4, -0.2) is 19.0 Å². The number of carbonyl (C=O) groups excluding carboxylic acids is 2. The van der Waals surface area contributed by atoms with E-state index >= 15 is 0 Å². The van der Waals surface area contributed by atoms with Gasteiger partial charge in [0.05, 0.1) is 7.11 Å². The Morgan fingerprint density at radius 3 is 2.27 bits per heavy atom. The summed E-state index contributed by atoms with van der Waals surface area (Å²) in [6.07, 6.45) is 0.342. The van der Waals surface area contributed by atoms with Gasteiger partial charge in [0.15, 0.2) is 0 Å². The topological polar surface area (TPSA) is 66.4 Å². The predicted octanol–water partition coefficient (Wildman–Crippen LogP) is -3.92. The van der Waals surface area contributed by atoms with Crippen molar-refractivity contribution in [2.75, 3.05) is 7.11 Å². The maximum absolute atomic E-state index is 10.4. The van der Waals surface area contributed by atoms with Gasteiger partial charge in [-0.1, -0.05) is 0 Å². The molecular formula is C6H9KO4. The molecule has 0 rings (SSSR count). The van der Waals surface area contributed by atoms with Crippen molar-refractivity contribution in [3.05, 3.63) is 0 Å². The van der Waals surface area contributed by atoms with Crippen molar-refractivity contribution in [1.82, 2.24) is 0 Å². The fourth-order valence-corrected chi connectivity index (χ4v) is 0.479. The predicted molar refractivity (Wildman–Crippen MR) is 30.9 cm³/mol. The summed E-state index contributed by atoms with van der Waals surface area (Å²) in [7, 11) is 1.27. The molecule has 0 N–H and O–H groups in total. The Labute approximate surface area is 108 Å². The maximum atomic E-state index is 10.4. The third-order valence-electron chi connectivity index (χ3n) is 0.989. The van der Waals surface area contributed by atoms with E-state index in [1.165, 1.54) is 7.11 Å². The van der Waals surface area contributed by atoms with Crippen LogP contribution in [0, 0.1) is 0 Å². The molecule has 0 aromatic rings. The Morgan fingerprint density at radius 1 is 1.36 bits per heavy atom. The van der Waals surface area contributed by atoms with Crippen LogP contribution in [-0.2, 0) is 14.3 Å². The van der Waals surface area contributed by atoms with E-state index in [0.29, 0.717) is 0 Å². The van der Waals surface area contributed by atoms with Gasteiger partial charge in [-0.3, -0.25) is 4.79 Å². The van der Waals surface area contributed by atoms with Crippen LogP contribution >= 0.6 is 0 Å². The number of hydrogen-bond acceptors (Lipinski definition) is 4. The fraction of sp³-hybridized carbons (Fsp3) is 0.667. The Hall–Kier alpha value is 0.576. The Bertz CT molecular complexity index is 135. The first kappa shape index (κ1) is 14.1. The normalized spacial score (nSPS) is 8.09. The van der Waals surface area contributed by atoms with E-state index in [1.54, 1.807) is 0 Å². The minimum Gasteiger partial charge on any atom is -0.550 e. The van der Waals surface area contributed by atoms with E-state index in [4.69, 9.17) is 0 Å². The molecule has 0 aromatic heterocycles.